The first-order valence-electron chi connectivity index (χ1n) is 7.30. The summed E-state index contributed by atoms with van der Waals surface area (Å²) in [6.45, 7) is 3.37. The molecular formula is C15H18N4O3. The SMILES string of the molecule is Cc1nc(C(=O)N2CCOCC2CCc2cnccn2)co1. The van der Waals surface area contributed by atoms with Gasteiger partial charge in [-0.2, -0.15) is 0 Å². The largest absolute Gasteiger partial charge is 0.448 e. The van der Waals surface area contributed by atoms with Crippen molar-refractivity contribution in [3.63, 3.8) is 0 Å². The fourth-order valence-electron chi connectivity index (χ4n) is 2.54. The highest BCUT2D eigenvalue weighted by atomic mass is 16.5. The average Bonchev–Trinajstić information content (AvgIpc) is 3.00. The molecule has 0 bridgehead atoms. The molecule has 1 amide bonds. The van der Waals surface area contributed by atoms with Crippen LogP contribution in [0.15, 0.2) is 29.3 Å². The van der Waals surface area contributed by atoms with Gasteiger partial charge in [-0.05, 0) is 12.8 Å². The van der Waals surface area contributed by atoms with Crippen molar-refractivity contribution in [3.8, 4) is 0 Å². The number of aryl methyl sites for hydroxylation is 2. The number of carbonyl (C=O) groups is 1. The Labute approximate surface area is 128 Å². The van der Waals surface area contributed by atoms with Crippen LogP contribution < -0.4 is 0 Å². The molecule has 0 saturated carbocycles. The lowest BCUT2D eigenvalue weighted by atomic mass is 10.1. The third-order valence-electron chi connectivity index (χ3n) is 3.68. The Balaban J connectivity index is 1.67. The minimum Gasteiger partial charge on any atom is -0.448 e. The highest BCUT2D eigenvalue weighted by Gasteiger charge is 2.29. The molecule has 0 radical (unpaired) electrons. The third-order valence-corrected chi connectivity index (χ3v) is 3.68. The molecule has 0 aliphatic carbocycles. The fraction of sp³-hybridized carbons (Fsp3) is 0.467. The Morgan fingerprint density at radius 1 is 1.45 bits per heavy atom. The van der Waals surface area contributed by atoms with E-state index < -0.39 is 0 Å². The maximum absolute atomic E-state index is 12.6. The molecule has 2 aromatic heterocycles. The van der Waals surface area contributed by atoms with Crippen molar-refractivity contribution in [1.29, 1.82) is 0 Å². The standard InChI is InChI=1S/C15H18N4O3/c1-11-18-14(10-22-11)15(20)19-6-7-21-9-13(19)3-2-12-8-16-4-5-17-12/h4-5,8,10,13H,2-3,6-7,9H2,1H3. The predicted octanol–water partition coefficient (Wildman–Crippen LogP) is 1.25. The fourth-order valence-corrected chi connectivity index (χ4v) is 2.54. The maximum atomic E-state index is 12.6. The minimum absolute atomic E-state index is 0.0141. The van der Waals surface area contributed by atoms with Crippen molar-refractivity contribution in [1.82, 2.24) is 19.9 Å². The number of oxazole rings is 1. The Hall–Kier alpha value is -2.28. The molecule has 22 heavy (non-hydrogen) atoms. The number of morpholine rings is 1. The van der Waals surface area contributed by atoms with Crippen molar-refractivity contribution >= 4 is 5.91 Å². The molecule has 1 aliphatic heterocycles. The van der Waals surface area contributed by atoms with Crippen LogP contribution in [0.25, 0.3) is 0 Å². The van der Waals surface area contributed by atoms with Gasteiger partial charge in [0.25, 0.3) is 5.91 Å². The Kier molecular flexibility index (Phi) is 4.43. The number of aromatic nitrogens is 3. The summed E-state index contributed by atoms with van der Waals surface area (Å²) in [5.74, 6) is 0.386. The lowest BCUT2D eigenvalue weighted by Gasteiger charge is -2.35. The molecule has 3 heterocycles. The maximum Gasteiger partial charge on any atom is 0.276 e. The smallest absolute Gasteiger partial charge is 0.276 e. The van der Waals surface area contributed by atoms with E-state index in [1.54, 1.807) is 25.5 Å². The van der Waals surface area contributed by atoms with Crippen LogP contribution >= 0.6 is 0 Å². The van der Waals surface area contributed by atoms with Crippen LogP contribution in [-0.2, 0) is 11.2 Å². The van der Waals surface area contributed by atoms with Crippen molar-refractivity contribution in [3.05, 3.63) is 42.1 Å². The molecule has 0 spiro atoms. The van der Waals surface area contributed by atoms with Gasteiger partial charge in [-0.1, -0.05) is 0 Å². The van der Waals surface area contributed by atoms with E-state index in [2.05, 4.69) is 15.0 Å². The molecule has 7 nitrogen and oxygen atoms in total. The Morgan fingerprint density at radius 2 is 2.36 bits per heavy atom. The van der Waals surface area contributed by atoms with Gasteiger partial charge in [-0.25, -0.2) is 4.98 Å². The summed E-state index contributed by atoms with van der Waals surface area (Å²) in [4.78, 5) is 26.8. The van der Waals surface area contributed by atoms with E-state index in [0.717, 1.165) is 18.5 Å². The molecule has 1 atom stereocenters. The van der Waals surface area contributed by atoms with Gasteiger partial charge in [-0.15, -0.1) is 0 Å². The Morgan fingerprint density at radius 3 is 3.09 bits per heavy atom. The topological polar surface area (TPSA) is 81.4 Å². The number of nitrogens with zero attached hydrogens (tertiary/aromatic N) is 4. The lowest BCUT2D eigenvalue weighted by Crippen LogP contribution is -2.49. The molecule has 2 aromatic rings. The normalized spacial score (nSPS) is 18.4. The quantitative estimate of drug-likeness (QED) is 0.845. The number of carbonyl (C=O) groups excluding carboxylic acids is 1. The minimum atomic E-state index is -0.107. The highest BCUT2D eigenvalue weighted by Crippen LogP contribution is 2.16. The zero-order valence-electron chi connectivity index (χ0n) is 12.4. The van der Waals surface area contributed by atoms with Crippen molar-refractivity contribution in [2.75, 3.05) is 19.8 Å². The van der Waals surface area contributed by atoms with E-state index in [4.69, 9.17) is 9.15 Å². The second-order valence-corrected chi connectivity index (χ2v) is 5.21. The van der Waals surface area contributed by atoms with Gasteiger partial charge in [0.05, 0.1) is 24.9 Å². The number of hydrogen-bond donors (Lipinski definition) is 0. The lowest BCUT2D eigenvalue weighted by molar-refractivity contribution is -0.00444. The van der Waals surface area contributed by atoms with Gasteiger partial charge in [0.1, 0.15) is 6.26 Å². The summed E-state index contributed by atoms with van der Waals surface area (Å²) in [5.41, 5.74) is 1.27. The van der Waals surface area contributed by atoms with Gasteiger partial charge in [-0.3, -0.25) is 14.8 Å². The summed E-state index contributed by atoms with van der Waals surface area (Å²) in [7, 11) is 0. The van der Waals surface area contributed by atoms with Crippen LogP contribution in [0.5, 0.6) is 0 Å². The molecule has 1 fully saturated rings. The molecule has 1 unspecified atom stereocenters. The van der Waals surface area contributed by atoms with Crippen LogP contribution in [0.3, 0.4) is 0 Å². The second kappa shape index (κ2) is 6.65. The highest BCUT2D eigenvalue weighted by molar-refractivity contribution is 5.92. The molecule has 7 heteroatoms. The van der Waals surface area contributed by atoms with Crippen LogP contribution in [0.2, 0.25) is 0 Å². The van der Waals surface area contributed by atoms with Gasteiger partial charge < -0.3 is 14.1 Å². The first kappa shape index (κ1) is 14.6. The van der Waals surface area contributed by atoms with E-state index in [1.165, 1.54) is 6.26 Å². The van der Waals surface area contributed by atoms with Crippen LogP contribution in [0.4, 0.5) is 0 Å². The Bertz CT molecular complexity index is 629. The van der Waals surface area contributed by atoms with Gasteiger partial charge in [0.2, 0.25) is 0 Å². The molecule has 0 aromatic carbocycles. The predicted molar refractivity (Wildman–Crippen MR) is 77.2 cm³/mol. The van der Waals surface area contributed by atoms with Crippen molar-refractivity contribution < 1.29 is 13.9 Å². The van der Waals surface area contributed by atoms with Crippen molar-refractivity contribution in [2.45, 2.75) is 25.8 Å². The summed E-state index contributed by atoms with van der Waals surface area (Å²) in [6.07, 6.45) is 8.01. The van der Waals surface area contributed by atoms with Gasteiger partial charge in [0.15, 0.2) is 11.6 Å². The molecule has 3 rings (SSSR count). The first-order valence-corrected chi connectivity index (χ1v) is 7.30. The molecule has 1 aliphatic rings. The van der Waals surface area contributed by atoms with Crippen molar-refractivity contribution in [2.24, 2.45) is 0 Å². The van der Waals surface area contributed by atoms with Gasteiger partial charge in [0, 0.05) is 32.1 Å². The van der Waals surface area contributed by atoms with E-state index >= 15 is 0 Å². The number of ether oxygens (including phenoxy) is 1. The van der Waals surface area contributed by atoms with Crippen LogP contribution in [-0.4, -0.2) is 51.6 Å². The average molecular weight is 302 g/mol. The summed E-state index contributed by atoms with van der Waals surface area (Å²) in [5, 5.41) is 0. The number of amides is 1. The van der Waals surface area contributed by atoms with E-state index in [9.17, 15) is 4.79 Å². The van der Waals surface area contributed by atoms with Crippen LogP contribution in [0.1, 0.15) is 28.5 Å². The molecule has 1 saturated heterocycles. The van der Waals surface area contributed by atoms with Gasteiger partial charge >= 0.3 is 0 Å². The van der Waals surface area contributed by atoms with E-state index in [-0.39, 0.29) is 11.9 Å². The van der Waals surface area contributed by atoms with E-state index in [1.807, 2.05) is 4.90 Å². The second-order valence-electron chi connectivity index (χ2n) is 5.21. The first-order chi connectivity index (χ1) is 10.7. The monoisotopic (exact) mass is 302 g/mol. The zero-order chi connectivity index (χ0) is 15.4. The van der Waals surface area contributed by atoms with E-state index in [0.29, 0.717) is 31.3 Å². The molecule has 0 N–H and O–H groups in total. The van der Waals surface area contributed by atoms with Crippen LogP contribution in [0, 0.1) is 6.92 Å². The number of rotatable bonds is 4. The number of hydrogen-bond acceptors (Lipinski definition) is 6. The summed E-state index contributed by atoms with van der Waals surface area (Å²) < 4.78 is 10.7. The summed E-state index contributed by atoms with van der Waals surface area (Å²) >= 11 is 0. The zero-order valence-corrected chi connectivity index (χ0v) is 12.4. The molecule has 116 valence electrons. The molecular weight excluding hydrogens is 284 g/mol. The third kappa shape index (κ3) is 3.30. The summed E-state index contributed by atoms with van der Waals surface area (Å²) in [6, 6.07) is 0.0141.